The second kappa shape index (κ2) is 9.92. The Kier molecular flexibility index (Phi) is 7.61. The lowest BCUT2D eigenvalue weighted by molar-refractivity contribution is 0.228. The number of hydrogen-bond acceptors (Lipinski definition) is 6. The summed E-state index contributed by atoms with van der Waals surface area (Å²) in [6.07, 6.45) is 0.247. The van der Waals surface area contributed by atoms with Gasteiger partial charge in [-0.2, -0.15) is 0 Å². The van der Waals surface area contributed by atoms with Crippen LogP contribution in [0.5, 0.6) is 23.0 Å². The Bertz CT molecular complexity index is 720. The molecule has 0 saturated carbocycles. The van der Waals surface area contributed by atoms with Gasteiger partial charge in [-0.05, 0) is 69.5 Å². The van der Waals surface area contributed by atoms with Gasteiger partial charge in [-0.15, -0.1) is 0 Å². The molecule has 0 fully saturated rings. The third kappa shape index (κ3) is 5.96. The Balaban J connectivity index is 2.37. The number of ether oxygens (including phenoxy) is 4. The summed E-state index contributed by atoms with van der Waals surface area (Å²) in [5.74, 6) is 2.69. The normalized spacial score (nSPS) is 11.7. The second-order valence-corrected chi connectivity index (χ2v) is 6.12. The Morgan fingerprint density at radius 2 is 1.30 bits per heavy atom. The maximum atomic E-state index is 6.16. The van der Waals surface area contributed by atoms with Gasteiger partial charge in [-0.1, -0.05) is 0 Å². The third-order valence-electron chi connectivity index (χ3n) is 3.74. The lowest BCUT2D eigenvalue weighted by atomic mass is 10.0. The van der Waals surface area contributed by atoms with Crippen LogP contribution >= 0.6 is 0 Å². The summed E-state index contributed by atoms with van der Waals surface area (Å²) in [5.41, 5.74) is 14.5. The largest absolute Gasteiger partial charge is 0.494 e. The molecule has 1 unspecified atom stereocenters. The van der Waals surface area contributed by atoms with Gasteiger partial charge in [0, 0.05) is 6.07 Å². The molecule has 0 aliphatic heterocycles. The van der Waals surface area contributed by atoms with Crippen molar-refractivity contribution >= 4 is 5.69 Å². The number of nitrogen functional groups attached to an aromatic ring is 1. The van der Waals surface area contributed by atoms with Crippen molar-refractivity contribution in [3.63, 3.8) is 0 Å². The van der Waals surface area contributed by atoms with Gasteiger partial charge in [0.1, 0.15) is 34.9 Å². The SMILES string of the molecule is CCOc1cc(Cc2cc(OCC)c(N)c(OCC)c2)cc(OC(C)N)c1. The average Bonchev–Trinajstić information content (AvgIpc) is 2.59. The number of rotatable bonds is 10. The van der Waals surface area contributed by atoms with Crippen LogP contribution in [0, 0.1) is 0 Å². The number of nitrogens with two attached hydrogens (primary N) is 2. The van der Waals surface area contributed by atoms with Gasteiger partial charge in [0.25, 0.3) is 0 Å². The van der Waals surface area contributed by atoms with Crippen molar-refractivity contribution in [1.29, 1.82) is 0 Å². The van der Waals surface area contributed by atoms with Crippen molar-refractivity contribution in [2.24, 2.45) is 5.73 Å². The first-order valence-corrected chi connectivity index (χ1v) is 9.33. The molecule has 0 spiro atoms. The first-order chi connectivity index (χ1) is 13.0. The van der Waals surface area contributed by atoms with Crippen molar-refractivity contribution in [3.05, 3.63) is 41.5 Å². The molecule has 2 aromatic rings. The van der Waals surface area contributed by atoms with Gasteiger partial charge in [0.2, 0.25) is 0 Å². The molecule has 0 radical (unpaired) electrons. The van der Waals surface area contributed by atoms with Crippen molar-refractivity contribution in [1.82, 2.24) is 0 Å². The molecule has 0 saturated heterocycles. The Morgan fingerprint density at radius 1 is 0.778 bits per heavy atom. The van der Waals surface area contributed by atoms with E-state index >= 15 is 0 Å². The summed E-state index contributed by atoms with van der Waals surface area (Å²) in [5, 5.41) is 0. The monoisotopic (exact) mass is 374 g/mol. The topological polar surface area (TPSA) is 89.0 Å². The molecule has 0 aromatic heterocycles. The van der Waals surface area contributed by atoms with Crippen LogP contribution in [0.1, 0.15) is 38.8 Å². The van der Waals surface area contributed by atoms with Gasteiger partial charge in [-0.3, -0.25) is 5.73 Å². The van der Waals surface area contributed by atoms with E-state index in [1.54, 1.807) is 6.92 Å². The van der Waals surface area contributed by atoms with Crippen molar-refractivity contribution in [3.8, 4) is 23.0 Å². The molecule has 0 amide bonds. The molecule has 2 aromatic carbocycles. The highest BCUT2D eigenvalue weighted by Crippen LogP contribution is 2.35. The molecule has 148 valence electrons. The van der Waals surface area contributed by atoms with E-state index in [9.17, 15) is 0 Å². The van der Waals surface area contributed by atoms with Crippen LogP contribution in [0.2, 0.25) is 0 Å². The van der Waals surface area contributed by atoms with Crippen LogP contribution in [0.3, 0.4) is 0 Å². The molecule has 1 atom stereocenters. The Hall–Kier alpha value is -2.60. The summed E-state index contributed by atoms with van der Waals surface area (Å²) in [6.45, 7) is 9.23. The van der Waals surface area contributed by atoms with Gasteiger partial charge in [0.15, 0.2) is 0 Å². The molecule has 2 rings (SSSR count). The van der Waals surface area contributed by atoms with Crippen LogP contribution in [0.15, 0.2) is 30.3 Å². The third-order valence-corrected chi connectivity index (χ3v) is 3.74. The standard InChI is InChI=1S/C21H30N2O4/c1-5-24-17-9-15(10-18(13-17)27-14(4)22)8-16-11-19(25-6-2)21(23)20(12-16)26-7-3/h9-14H,5-8,22-23H2,1-4H3. The highest BCUT2D eigenvalue weighted by molar-refractivity contribution is 5.64. The van der Waals surface area contributed by atoms with Gasteiger partial charge in [0.05, 0.1) is 19.8 Å². The lowest BCUT2D eigenvalue weighted by Crippen LogP contribution is -2.22. The minimum atomic E-state index is -0.402. The van der Waals surface area contributed by atoms with Crippen molar-refractivity contribution < 1.29 is 18.9 Å². The zero-order valence-electron chi connectivity index (χ0n) is 16.6. The second-order valence-electron chi connectivity index (χ2n) is 6.12. The molecule has 6 nitrogen and oxygen atoms in total. The molecule has 0 aliphatic rings. The summed E-state index contributed by atoms with van der Waals surface area (Å²) in [4.78, 5) is 0. The fraction of sp³-hybridized carbons (Fsp3) is 0.429. The minimum Gasteiger partial charge on any atom is -0.494 e. The van der Waals surface area contributed by atoms with Crippen LogP contribution in [0.4, 0.5) is 5.69 Å². The quantitative estimate of drug-likeness (QED) is 0.486. The van der Waals surface area contributed by atoms with E-state index in [-0.39, 0.29) is 0 Å². The average molecular weight is 374 g/mol. The van der Waals surface area contributed by atoms with Crippen molar-refractivity contribution in [2.75, 3.05) is 25.6 Å². The number of hydrogen-bond donors (Lipinski definition) is 2. The first-order valence-electron chi connectivity index (χ1n) is 9.33. The predicted molar refractivity (Wildman–Crippen MR) is 108 cm³/mol. The molecule has 0 bridgehead atoms. The minimum absolute atomic E-state index is 0.402. The Labute approximate surface area is 161 Å². The number of anilines is 1. The summed E-state index contributed by atoms with van der Waals surface area (Å²) in [7, 11) is 0. The van der Waals surface area contributed by atoms with Crippen LogP contribution in [-0.4, -0.2) is 26.0 Å². The van der Waals surface area contributed by atoms with E-state index in [1.165, 1.54) is 0 Å². The van der Waals surface area contributed by atoms with Crippen LogP contribution < -0.4 is 30.4 Å². The van der Waals surface area contributed by atoms with Crippen LogP contribution in [-0.2, 0) is 6.42 Å². The maximum absolute atomic E-state index is 6.16. The highest BCUT2D eigenvalue weighted by Gasteiger charge is 2.12. The highest BCUT2D eigenvalue weighted by atomic mass is 16.5. The van der Waals surface area contributed by atoms with Gasteiger partial charge < -0.3 is 24.7 Å². The maximum Gasteiger partial charge on any atom is 0.146 e. The fourth-order valence-corrected chi connectivity index (χ4v) is 2.81. The van der Waals surface area contributed by atoms with E-state index in [2.05, 4.69) is 0 Å². The smallest absolute Gasteiger partial charge is 0.146 e. The molecular weight excluding hydrogens is 344 g/mol. The van der Waals surface area contributed by atoms with Gasteiger partial charge >= 0.3 is 0 Å². The lowest BCUT2D eigenvalue weighted by Gasteiger charge is -2.16. The van der Waals surface area contributed by atoms with E-state index in [0.717, 1.165) is 16.9 Å². The summed E-state index contributed by atoms with van der Waals surface area (Å²) >= 11 is 0. The zero-order chi connectivity index (χ0) is 19.8. The van der Waals surface area contributed by atoms with Crippen LogP contribution in [0.25, 0.3) is 0 Å². The van der Waals surface area contributed by atoms with E-state index in [0.29, 0.717) is 49.2 Å². The molecule has 0 aliphatic carbocycles. The summed E-state index contributed by atoms with van der Waals surface area (Å²) in [6, 6.07) is 9.69. The molecule has 0 heterocycles. The zero-order valence-corrected chi connectivity index (χ0v) is 16.6. The molecule has 4 N–H and O–H groups in total. The first kappa shape index (κ1) is 20.7. The predicted octanol–water partition coefficient (Wildman–Crippen LogP) is 3.74. The molecule has 6 heteroatoms. The van der Waals surface area contributed by atoms with E-state index in [1.807, 2.05) is 51.1 Å². The number of benzene rings is 2. The molecular formula is C21H30N2O4. The summed E-state index contributed by atoms with van der Waals surface area (Å²) < 4.78 is 22.7. The Morgan fingerprint density at radius 3 is 1.81 bits per heavy atom. The fourth-order valence-electron chi connectivity index (χ4n) is 2.81. The van der Waals surface area contributed by atoms with Crippen molar-refractivity contribution in [2.45, 2.75) is 40.3 Å². The van der Waals surface area contributed by atoms with E-state index < -0.39 is 6.23 Å². The molecule has 27 heavy (non-hydrogen) atoms. The van der Waals surface area contributed by atoms with E-state index in [4.69, 9.17) is 30.4 Å². The van der Waals surface area contributed by atoms with Gasteiger partial charge in [-0.25, -0.2) is 0 Å².